The minimum Gasteiger partial charge on any atom is -0.373 e. The van der Waals surface area contributed by atoms with E-state index >= 15 is 0 Å². The van der Waals surface area contributed by atoms with Crippen LogP contribution in [-0.4, -0.2) is 12.9 Å². The average Bonchev–Trinajstić information content (AvgIpc) is 2.57. The van der Waals surface area contributed by atoms with Gasteiger partial charge in [-0.3, -0.25) is 0 Å². The zero-order valence-electron chi connectivity index (χ0n) is 15.2. The van der Waals surface area contributed by atoms with Crippen molar-refractivity contribution in [1.29, 1.82) is 0 Å². The molecule has 2 heteroatoms. The summed E-state index contributed by atoms with van der Waals surface area (Å²) in [6.07, 6.45) is 11.1. The standard InChI is InChI=1S/C21H32OS/c1-5-9-20(6-2)21-13-11-19(12-14-21)16-22-15-8-7-10-18(3)17-23-4/h7-8,11-14,17,20H,5-6,9-10,15-16H2,1-4H3/b8-7-,18-17+. The Morgan fingerprint density at radius 2 is 1.91 bits per heavy atom. The maximum Gasteiger partial charge on any atom is 0.0721 e. The van der Waals surface area contributed by atoms with E-state index < -0.39 is 0 Å². The van der Waals surface area contributed by atoms with Gasteiger partial charge in [0.15, 0.2) is 0 Å². The predicted molar refractivity (Wildman–Crippen MR) is 105 cm³/mol. The molecule has 0 fully saturated rings. The highest BCUT2D eigenvalue weighted by Gasteiger charge is 2.07. The molecule has 0 aliphatic carbocycles. The lowest BCUT2D eigenvalue weighted by atomic mass is 9.92. The minimum atomic E-state index is 0.682. The first-order chi connectivity index (χ1) is 11.2. The average molecular weight is 333 g/mol. The molecule has 0 aliphatic rings. The van der Waals surface area contributed by atoms with E-state index in [-0.39, 0.29) is 0 Å². The van der Waals surface area contributed by atoms with Crippen LogP contribution in [0.1, 0.15) is 63.5 Å². The summed E-state index contributed by atoms with van der Waals surface area (Å²) >= 11 is 1.76. The van der Waals surface area contributed by atoms with Crippen LogP contribution < -0.4 is 0 Å². The highest BCUT2D eigenvalue weighted by Crippen LogP contribution is 2.24. The third-order valence-electron chi connectivity index (χ3n) is 3.99. The van der Waals surface area contributed by atoms with Gasteiger partial charge in [-0.25, -0.2) is 0 Å². The number of hydrogen-bond donors (Lipinski definition) is 0. The van der Waals surface area contributed by atoms with E-state index in [2.05, 4.69) is 68.9 Å². The monoisotopic (exact) mass is 332 g/mol. The van der Waals surface area contributed by atoms with Gasteiger partial charge < -0.3 is 4.74 Å². The van der Waals surface area contributed by atoms with E-state index in [1.165, 1.54) is 36.0 Å². The molecule has 0 aromatic heterocycles. The maximum absolute atomic E-state index is 5.72. The molecule has 23 heavy (non-hydrogen) atoms. The fourth-order valence-corrected chi connectivity index (χ4v) is 3.17. The molecule has 1 nitrogen and oxygen atoms in total. The molecule has 1 aromatic carbocycles. The Morgan fingerprint density at radius 1 is 1.17 bits per heavy atom. The zero-order valence-corrected chi connectivity index (χ0v) is 16.0. The Bertz CT molecular complexity index is 473. The van der Waals surface area contributed by atoms with Crippen LogP contribution in [0.3, 0.4) is 0 Å². The van der Waals surface area contributed by atoms with Crippen LogP contribution in [0.2, 0.25) is 0 Å². The van der Waals surface area contributed by atoms with E-state index in [4.69, 9.17) is 4.74 Å². The molecule has 128 valence electrons. The van der Waals surface area contributed by atoms with Crippen molar-refractivity contribution >= 4 is 11.8 Å². The summed E-state index contributed by atoms with van der Waals surface area (Å²) in [5.41, 5.74) is 4.11. The smallest absolute Gasteiger partial charge is 0.0721 e. The third kappa shape index (κ3) is 8.43. The number of thioether (sulfide) groups is 1. The largest absolute Gasteiger partial charge is 0.373 e. The summed E-state index contributed by atoms with van der Waals surface area (Å²) in [7, 11) is 0. The second-order valence-electron chi connectivity index (χ2n) is 6.03. The van der Waals surface area contributed by atoms with Gasteiger partial charge in [0, 0.05) is 0 Å². The summed E-state index contributed by atoms with van der Waals surface area (Å²) in [5, 5.41) is 2.19. The lowest BCUT2D eigenvalue weighted by Gasteiger charge is -2.14. The summed E-state index contributed by atoms with van der Waals surface area (Å²) in [4.78, 5) is 0. The van der Waals surface area contributed by atoms with Crippen molar-refractivity contribution in [3.63, 3.8) is 0 Å². The van der Waals surface area contributed by atoms with Crippen molar-refractivity contribution in [3.8, 4) is 0 Å². The first kappa shape index (κ1) is 20.1. The fraction of sp³-hybridized carbons (Fsp3) is 0.524. The van der Waals surface area contributed by atoms with Crippen molar-refractivity contribution in [1.82, 2.24) is 0 Å². The van der Waals surface area contributed by atoms with Crippen LogP contribution in [-0.2, 0) is 11.3 Å². The number of benzene rings is 1. The molecular weight excluding hydrogens is 300 g/mol. The van der Waals surface area contributed by atoms with Crippen molar-refractivity contribution < 1.29 is 4.74 Å². The van der Waals surface area contributed by atoms with Gasteiger partial charge in [-0.15, -0.1) is 11.8 Å². The van der Waals surface area contributed by atoms with E-state index in [0.717, 1.165) is 6.42 Å². The molecule has 0 N–H and O–H groups in total. The third-order valence-corrected chi connectivity index (χ3v) is 4.63. The Labute approximate surface area is 147 Å². The summed E-state index contributed by atoms with van der Waals surface area (Å²) in [6, 6.07) is 8.97. The molecule has 1 unspecified atom stereocenters. The van der Waals surface area contributed by atoms with Crippen LogP contribution >= 0.6 is 11.8 Å². The van der Waals surface area contributed by atoms with E-state index in [1.54, 1.807) is 11.8 Å². The van der Waals surface area contributed by atoms with Gasteiger partial charge in [0.25, 0.3) is 0 Å². The molecule has 1 atom stereocenters. The Morgan fingerprint density at radius 3 is 2.52 bits per heavy atom. The summed E-state index contributed by atoms with van der Waals surface area (Å²) < 4.78 is 5.72. The molecule has 0 amide bonds. The first-order valence-corrected chi connectivity index (χ1v) is 10.00. The first-order valence-electron chi connectivity index (χ1n) is 8.71. The molecule has 1 aromatic rings. The van der Waals surface area contributed by atoms with Gasteiger partial charge in [-0.2, -0.15) is 0 Å². The Kier molecular flexibility index (Phi) is 10.8. The summed E-state index contributed by atoms with van der Waals surface area (Å²) in [5.74, 6) is 0.704. The van der Waals surface area contributed by atoms with Crippen LogP contribution in [0, 0.1) is 0 Å². The maximum atomic E-state index is 5.72. The van der Waals surface area contributed by atoms with E-state index in [1.807, 2.05) is 0 Å². The molecular formula is C21H32OS. The quantitative estimate of drug-likeness (QED) is 0.329. The number of rotatable bonds is 11. The zero-order chi connectivity index (χ0) is 16.9. The van der Waals surface area contributed by atoms with E-state index in [9.17, 15) is 0 Å². The Hall–Kier alpha value is -0.990. The van der Waals surface area contributed by atoms with Crippen molar-refractivity contribution in [2.24, 2.45) is 0 Å². The van der Waals surface area contributed by atoms with Crippen LogP contribution in [0.15, 0.2) is 47.4 Å². The molecule has 0 radical (unpaired) electrons. The van der Waals surface area contributed by atoms with Gasteiger partial charge in [0.2, 0.25) is 0 Å². The SMILES string of the molecule is CCCC(CC)c1ccc(COC/C=C\C/C(C)=C/SC)cc1. The second-order valence-corrected chi connectivity index (χ2v) is 6.73. The van der Waals surface area contributed by atoms with Gasteiger partial charge in [0.05, 0.1) is 13.2 Å². The normalized spacial score (nSPS) is 13.7. The van der Waals surface area contributed by atoms with Gasteiger partial charge in [-0.1, -0.05) is 62.3 Å². The van der Waals surface area contributed by atoms with Crippen molar-refractivity contribution in [3.05, 3.63) is 58.5 Å². The van der Waals surface area contributed by atoms with Gasteiger partial charge >= 0.3 is 0 Å². The lowest BCUT2D eigenvalue weighted by Crippen LogP contribution is -1.98. The number of allylic oxidation sites excluding steroid dienone is 2. The second kappa shape index (κ2) is 12.4. The van der Waals surface area contributed by atoms with Gasteiger partial charge in [-0.05, 0) is 54.9 Å². The molecule has 0 saturated heterocycles. The highest BCUT2D eigenvalue weighted by atomic mass is 32.2. The van der Waals surface area contributed by atoms with Crippen LogP contribution in [0.25, 0.3) is 0 Å². The van der Waals surface area contributed by atoms with Crippen molar-refractivity contribution in [2.45, 2.75) is 59.0 Å². The predicted octanol–water partition coefficient (Wildman–Crippen LogP) is 6.71. The van der Waals surface area contributed by atoms with Crippen molar-refractivity contribution in [2.75, 3.05) is 12.9 Å². The molecule has 0 bridgehead atoms. The highest BCUT2D eigenvalue weighted by molar-refractivity contribution is 8.01. The topological polar surface area (TPSA) is 9.23 Å². The van der Waals surface area contributed by atoms with Crippen LogP contribution in [0.5, 0.6) is 0 Å². The molecule has 0 spiro atoms. The minimum absolute atomic E-state index is 0.682. The van der Waals surface area contributed by atoms with Crippen LogP contribution in [0.4, 0.5) is 0 Å². The van der Waals surface area contributed by atoms with Gasteiger partial charge in [0.1, 0.15) is 0 Å². The lowest BCUT2D eigenvalue weighted by molar-refractivity contribution is 0.148. The molecule has 1 rings (SSSR count). The molecule has 0 heterocycles. The number of hydrogen-bond acceptors (Lipinski definition) is 2. The molecule has 0 saturated carbocycles. The van der Waals surface area contributed by atoms with E-state index in [0.29, 0.717) is 19.1 Å². The summed E-state index contributed by atoms with van der Waals surface area (Å²) in [6.45, 7) is 8.07. The Balaban J connectivity index is 2.33. The molecule has 0 aliphatic heterocycles. The number of ether oxygens (including phenoxy) is 1. The fourth-order valence-electron chi connectivity index (χ4n) is 2.67.